The third kappa shape index (κ3) is 8.07. The van der Waals surface area contributed by atoms with Crippen molar-refractivity contribution in [3.05, 3.63) is 84.2 Å². The van der Waals surface area contributed by atoms with Crippen molar-refractivity contribution in [2.24, 2.45) is 0 Å². The lowest BCUT2D eigenvalue weighted by molar-refractivity contribution is 0.299. The molecule has 0 unspecified atom stereocenters. The van der Waals surface area contributed by atoms with E-state index in [0.717, 1.165) is 42.7 Å². The fourth-order valence-corrected chi connectivity index (χ4v) is 3.51. The van der Waals surface area contributed by atoms with Crippen LogP contribution in [-0.4, -0.2) is 13.2 Å². The SMILES string of the molecule is N#Cc1ccc(-c2ccc(OCCCCCCCCCOc3cccc(F)c3)cc2)cc1. The van der Waals surface area contributed by atoms with Crippen LogP contribution >= 0.6 is 0 Å². The molecule has 0 N–H and O–H groups in total. The van der Waals surface area contributed by atoms with E-state index in [9.17, 15) is 4.39 Å². The molecule has 32 heavy (non-hydrogen) atoms. The molecule has 0 spiro atoms. The second kappa shape index (κ2) is 13.2. The molecule has 0 aliphatic carbocycles. The van der Waals surface area contributed by atoms with E-state index < -0.39 is 0 Å². The average Bonchev–Trinajstić information content (AvgIpc) is 2.83. The molecule has 0 heterocycles. The molecular weight excluding hydrogens is 401 g/mol. The topological polar surface area (TPSA) is 42.2 Å². The fourth-order valence-electron chi connectivity index (χ4n) is 3.51. The van der Waals surface area contributed by atoms with Gasteiger partial charge in [-0.2, -0.15) is 5.26 Å². The van der Waals surface area contributed by atoms with E-state index in [1.807, 2.05) is 36.4 Å². The Kier molecular flexibility index (Phi) is 9.61. The Morgan fingerprint density at radius 2 is 1.16 bits per heavy atom. The third-order valence-electron chi connectivity index (χ3n) is 5.32. The quantitative estimate of drug-likeness (QED) is 0.262. The Morgan fingerprint density at radius 3 is 1.72 bits per heavy atom. The van der Waals surface area contributed by atoms with E-state index in [0.29, 0.717) is 17.9 Å². The Morgan fingerprint density at radius 1 is 0.625 bits per heavy atom. The predicted octanol–water partition coefficient (Wildman–Crippen LogP) is 7.55. The zero-order chi connectivity index (χ0) is 22.4. The highest BCUT2D eigenvalue weighted by molar-refractivity contribution is 5.64. The molecule has 0 amide bonds. The van der Waals surface area contributed by atoms with Crippen molar-refractivity contribution in [3.63, 3.8) is 0 Å². The number of hydrogen-bond acceptors (Lipinski definition) is 3. The van der Waals surface area contributed by atoms with Crippen LogP contribution in [-0.2, 0) is 0 Å². The number of rotatable bonds is 13. The summed E-state index contributed by atoms with van der Waals surface area (Å²) in [4.78, 5) is 0. The Bertz CT molecular complexity index is 978. The summed E-state index contributed by atoms with van der Waals surface area (Å²) in [6.45, 7) is 1.37. The number of unbranched alkanes of at least 4 members (excludes halogenated alkanes) is 6. The molecular formula is C28H30FNO2. The average molecular weight is 432 g/mol. The van der Waals surface area contributed by atoms with E-state index in [1.54, 1.807) is 12.1 Å². The van der Waals surface area contributed by atoms with E-state index in [4.69, 9.17) is 14.7 Å². The van der Waals surface area contributed by atoms with Crippen LogP contribution in [0.5, 0.6) is 11.5 Å². The van der Waals surface area contributed by atoms with Gasteiger partial charge in [0.15, 0.2) is 0 Å². The minimum atomic E-state index is -0.258. The molecule has 4 heteroatoms. The second-order valence-corrected chi connectivity index (χ2v) is 7.84. The van der Waals surface area contributed by atoms with Crippen molar-refractivity contribution >= 4 is 0 Å². The first-order valence-electron chi connectivity index (χ1n) is 11.4. The van der Waals surface area contributed by atoms with Crippen molar-refractivity contribution in [2.75, 3.05) is 13.2 Å². The highest BCUT2D eigenvalue weighted by atomic mass is 19.1. The molecule has 0 aliphatic rings. The van der Waals surface area contributed by atoms with Crippen molar-refractivity contribution in [1.29, 1.82) is 5.26 Å². The van der Waals surface area contributed by atoms with Crippen molar-refractivity contribution < 1.29 is 13.9 Å². The van der Waals surface area contributed by atoms with Gasteiger partial charge in [0.1, 0.15) is 17.3 Å². The minimum Gasteiger partial charge on any atom is -0.494 e. The summed E-state index contributed by atoms with van der Waals surface area (Å²) in [5.41, 5.74) is 2.88. The zero-order valence-corrected chi connectivity index (χ0v) is 18.4. The maximum absolute atomic E-state index is 13.1. The van der Waals surface area contributed by atoms with Gasteiger partial charge in [-0.15, -0.1) is 0 Å². The molecule has 0 bridgehead atoms. The lowest BCUT2D eigenvalue weighted by Crippen LogP contribution is -1.98. The molecule has 0 saturated carbocycles. The van der Waals surface area contributed by atoms with Crippen LogP contribution in [0.3, 0.4) is 0 Å². The number of ether oxygens (including phenoxy) is 2. The van der Waals surface area contributed by atoms with Gasteiger partial charge in [-0.1, -0.05) is 62.4 Å². The number of benzene rings is 3. The van der Waals surface area contributed by atoms with Gasteiger partial charge in [0.25, 0.3) is 0 Å². The third-order valence-corrected chi connectivity index (χ3v) is 5.32. The summed E-state index contributed by atoms with van der Waals surface area (Å²) in [6, 6.07) is 24.1. The van der Waals surface area contributed by atoms with Crippen LogP contribution in [0.4, 0.5) is 4.39 Å². The summed E-state index contributed by atoms with van der Waals surface area (Å²) in [7, 11) is 0. The number of nitriles is 1. The summed E-state index contributed by atoms with van der Waals surface area (Å²) >= 11 is 0. The summed E-state index contributed by atoms with van der Waals surface area (Å²) in [5.74, 6) is 1.24. The van der Waals surface area contributed by atoms with Crippen molar-refractivity contribution in [3.8, 4) is 28.7 Å². The van der Waals surface area contributed by atoms with Crippen LogP contribution in [0.1, 0.15) is 50.5 Å². The molecule has 3 aromatic rings. The maximum atomic E-state index is 13.1. The van der Waals surface area contributed by atoms with E-state index in [1.165, 1.54) is 37.8 Å². The van der Waals surface area contributed by atoms with Crippen LogP contribution < -0.4 is 9.47 Å². The molecule has 0 saturated heterocycles. The predicted molar refractivity (Wildman–Crippen MR) is 126 cm³/mol. The number of halogens is 1. The van der Waals surface area contributed by atoms with Gasteiger partial charge in [0.05, 0.1) is 24.8 Å². The minimum absolute atomic E-state index is 0.258. The van der Waals surface area contributed by atoms with Gasteiger partial charge in [0, 0.05) is 6.07 Å². The van der Waals surface area contributed by atoms with E-state index >= 15 is 0 Å². The van der Waals surface area contributed by atoms with Crippen molar-refractivity contribution in [2.45, 2.75) is 44.9 Å². The highest BCUT2D eigenvalue weighted by Crippen LogP contribution is 2.23. The normalized spacial score (nSPS) is 10.5. The summed E-state index contributed by atoms with van der Waals surface area (Å²) < 4.78 is 24.5. The smallest absolute Gasteiger partial charge is 0.126 e. The zero-order valence-electron chi connectivity index (χ0n) is 18.4. The highest BCUT2D eigenvalue weighted by Gasteiger charge is 2.00. The number of hydrogen-bond donors (Lipinski definition) is 0. The van der Waals surface area contributed by atoms with Gasteiger partial charge in [-0.25, -0.2) is 4.39 Å². The Balaban J connectivity index is 1.20. The second-order valence-electron chi connectivity index (χ2n) is 7.84. The van der Waals surface area contributed by atoms with Gasteiger partial charge in [0.2, 0.25) is 0 Å². The van der Waals surface area contributed by atoms with Crippen LogP contribution in [0.25, 0.3) is 11.1 Å². The first kappa shape index (κ1) is 23.3. The largest absolute Gasteiger partial charge is 0.494 e. The fraction of sp³-hybridized carbons (Fsp3) is 0.321. The van der Waals surface area contributed by atoms with Gasteiger partial charge < -0.3 is 9.47 Å². The molecule has 0 aliphatic heterocycles. The Hall–Kier alpha value is -3.32. The monoisotopic (exact) mass is 431 g/mol. The standard InChI is InChI=1S/C28H30FNO2/c29-26-9-8-10-28(21-26)32-20-7-5-3-1-2-4-6-19-31-27-17-15-25(16-18-27)24-13-11-23(22-30)12-14-24/h8-18,21H,1-7,19-20H2. The number of nitrogens with zero attached hydrogens (tertiary/aromatic N) is 1. The molecule has 0 aromatic heterocycles. The van der Waals surface area contributed by atoms with Crippen molar-refractivity contribution in [1.82, 2.24) is 0 Å². The molecule has 0 atom stereocenters. The first-order valence-corrected chi connectivity index (χ1v) is 11.4. The Labute approximate surface area is 190 Å². The molecule has 166 valence electrons. The summed E-state index contributed by atoms with van der Waals surface area (Å²) in [6.07, 6.45) is 7.99. The van der Waals surface area contributed by atoms with Crippen LogP contribution in [0.15, 0.2) is 72.8 Å². The molecule has 3 nitrogen and oxygen atoms in total. The maximum Gasteiger partial charge on any atom is 0.126 e. The lowest BCUT2D eigenvalue weighted by atomic mass is 10.0. The van der Waals surface area contributed by atoms with Gasteiger partial charge in [-0.05, 0) is 60.4 Å². The van der Waals surface area contributed by atoms with Gasteiger partial charge >= 0.3 is 0 Å². The molecule has 3 rings (SSSR count). The molecule has 0 fully saturated rings. The lowest BCUT2D eigenvalue weighted by Gasteiger charge is -2.08. The van der Waals surface area contributed by atoms with Gasteiger partial charge in [-0.3, -0.25) is 0 Å². The van der Waals surface area contributed by atoms with E-state index in [-0.39, 0.29) is 5.82 Å². The molecule has 3 aromatic carbocycles. The molecule has 0 radical (unpaired) electrons. The first-order chi connectivity index (χ1) is 15.7. The van der Waals surface area contributed by atoms with Crippen LogP contribution in [0, 0.1) is 17.1 Å². The van der Waals surface area contributed by atoms with E-state index in [2.05, 4.69) is 18.2 Å². The summed E-state index contributed by atoms with van der Waals surface area (Å²) in [5, 5.41) is 8.89. The van der Waals surface area contributed by atoms with Crippen LogP contribution in [0.2, 0.25) is 0 Å².